The maximum atomic E-state index is 5.61. The van der Waals surface area contributed by atoms with Gasteiger partial charge in [0, 0.05) is 24.3 Å². The normalized spacial score (nSPS) is 22.6. The van der Waals surface area contributed by atoms with Gasteiger partial charge in [-0.05, 0) is 32.8 Å². The van der Waals surface area contributed by atoms with E-state index in [4.69, 9.17) is 14.2 Å². The Morgan fingerprint density at radius 1 is 1.40 bits per heavy atom. The summed E-state index contributed by atoms with van der Waals surface area (Å²) in [6.45, 7) is 7.22. The Kier molecular flexibility index (Phi) is 5.26. The molecule has 0 amide bonds. The van der Waals surface area contributed by atoms with Crippen LogP contribution in [0, 0.1) is 0 Å². The van der Waals surface area contributed by atoms with Gasteiger partial charge in [0.15, 0.2) is 11.5 Å². The van der Waals surface area contributed by atoms with Gasteiger partial charge in [-0.2, -0.15) is 0 Å². The largest absolute Gasteiger partial charge is 0.493 e. The molecule has 0 aromatic heterocycles. The number of nitrogens with one attached hydrogen (secondary N) is 1. The van der Waals surface area contributed by atoms with Crippen LogP contribution < -0.4 is 14.8 Å². The Morgan fingerprint density at radius 2 is 2.25 bits per heavy atom. The van der Waals surface area contributed by atoms with E-state index in [-0.39, 0.29) is 5.54 Å². The Hall–Kier alpha value is -1.26. The second-order valence-electron chi connectivity index (χ2n) is 5.45. The summed E-state index contributed by atoms with van der Waals surface area (Å²) in [6.07, 6.45) is 2.25. The smallest absolute Gasteiger partial charge is 0.165 e. The molecule has 2 rings (SSSR count). The average molecular weight is 279 g/mol. The molecule has 1 aliphatic heterocycles. The van der Waals surface area contributed by atoms with Crippen molar-refractivity contribution in [2.75, 3.05) is 26.9 Å². The van der Waals surface area contributed by atoms with Gasteiger partial charge in [0.1, 0.15) is 0 Å². The van der Waals surface area contributed by atoms with Crippen LogP contribution in [0.4, 0.5) is 0 Å². The molecule has 112 valence electrons. The number of ether oxygens (including phenoxy) is 3. The van der Waals surface area contributed by atoms with Gasteiger partial charge in [0.05, 0.1) is 20.3 Å². The molecule has 0 aliphatic carbocycles. The fourth-order valence-electron chi connectivity index (χ4n) is 2.58. The number of benzene rings is 1. The van der Waals surface area contributed by atoms with Crippen LogP contribution in [0.1, 0.15) is 32.3 Å². The minimum atomic E-state index is 0.0465. The predicted octanol–water partition coefficient (Wildman–Crippen LogP) is 2.75. The van der Waals surface area contributed by atoms with Gasteiger partial charge >= 0.3 is 0 Å². The van der Waals surface area contributed by atoms with Gasteiger partial charge in [-0.15, -0.1) is 0 Å². The summed E-state index contributed by atoms with van der Waals surface area (Å²) in [6, 6.07) is 6.02. The van der Waals surface area contributed by atoms with E-state index >= 15 is 0 Å². The second kappa shape index (κ2) is 6.95. The van der Waals surface area contributed by atoms with Crippen LogP contribution in [0.25, 0.3) is 0 Å². The summed E-state index contributed by atoms with van der Waals surface area (Å²) in [4.78, 5) is 0. The second-order valence-corrected chi connectivity index (χ2v) is 5.45. The monoisotopic (exact) mass is 279 g/mol. The molecule has 1 fully saturated rings. The number of rotatable bonds is 6. The molecular formula is C16H25NO3. The van der Waals surface area contributed by atoms with Crippen molar-refractivity contribution in [1.82, 2.24) is 5.32 Å². The lowest BCUT2D eigenvalue weighted by atomic mass is 9.94. The maximum absolute atomic E-state index is 5.61. The lowest BCUT2D eigenvalue weighted by Crippen LogP contribution is -2.48. The Labute approximate surface area is 121 Å². The summed E-state index contributed by atoms with van der Waals surface area (Å²) in [5.74, 6) is 1.63. The van der Waals surface area contributed by atoms with Crippen LogP contribution in [0.3, 0.4) is 0 Å². The molecule has 4 nitrogen and oxygen atoms in total. The molecule has 1 N–H and O–H groups in total. The molecule has 1 saturated heterocycles. The Balaban J connectivity index is 2.06. The summed E-state index contributed by atoms with van der Waals surface area (Å²) >= 11 is 0. The van der Waals surface area contributed by atoms with Crippen LogP contribution in [-0.4, -0.2) is 32.5 Å². The van der Waals surface area contributed by atoms with E-state index in [0.29, 0.717) is 6.61 Å². The van der Waals surface area contributed by atoms with Gasteiger partial charge in [-0.1, -0.05) is 12.1 Å². The van der Waals surface area contributed by atoms with Crippen molar-refractivity contribution in [3.63, 3.8) is 0 Å². The molecule has 1 atom stereocenters. The first kappa shape index (κ1) is 15.1. The third kappa shape index (κ3) is 3.64. The van der Waals surface area contributed by atoms with Crippen molar-refractivity contribution in [2.45, 2.75) is 38.8 Å². The van der Waals surface area contributed by atoms with E-state index in [9.17, 15) is 0 Å². The van der Waals surface area contributed by atoms with Crippen LogP contribution >= 0.6 is 0 Å². The van der Waals surface area contributed by atoms with Crippen LogP contribution in [0.2, 0.25) is 0 Å². The van der Waals surface area contributed by atoms with Crippen LogP contribution in [-0.2, 0) is 11.3 Å². The van der Waals surface area contributed by atoms with Crippen molar-refractivity contribution in [1.29, 1.82) is 0 Å². The summed E-state index contributed by atoms with van der Waals surface area (Å²) in [5, 5.41) is 3.60. The molecule has 1 aromatic carbocycles. The molecule has 4 heteroatoms. The van der Waals surface area contributed by atoms with Crippen molar-refractivity contribution in [2.24, 2.45) is 0 Å². The summed E-state index contributed by atoms with van der Waals surface area (Å²) < 4.78 is 16.7. The minimum absolute atomic E-state index is 0.0465. The molecule has 1 heterocycles. The zero-order valence-corrected chi connectivity index (χ0v) is 12.7. The third-order valence-corrected chi connectivity index (χ3v) is 3.71. The van der Waals surface area contributed by atoms with E-state index in [1.165, 1.54) is 0 Å². The SMILES string of the molecule is CCOc1cccc(CNC2(C)CCCOC2)c1OC. The first-order chi connectivity index (χ1) is 9.68. The number of para-hydroxylation sites is 1. The lowest BCUT2D eigenvalue weighted by molar-refractivity contribution is 0.0277. The van der Waals surface area contributed by atoms with Gasteiger partial charge in [-0.3, -0.25) is 0 Å². The number of hydrogen-bond donors (Lipinski definition) is 1. The topological polar surface area (TPSA) is 39.7 Å². The molecule has 1 aliphatic rings. The fraction of sp³-hybridized carbons (Fsp3) is 0.625. The highest BCUT2D eigenvalue weighted by molar-refractivity contribution is 5.46. The highest BCUT2D eigenvalue weighted by Crippen LogP contribution is 2.31. The van der Waals surface area contributed by atoms with Crippen LogP contribution in [0.15, 0.2) is 18.2 Å². The Morgan fingerprint density at radius 3 is 2.90 bits per heavy atom. The van der Waals surface area contributed by atoms with Crippen molar-refractivity contribution in [3.05, 3.63) is 23.8 Å². The highest BCUT2D eigenvalue weighted by atomic mass is 16.5. The van der Waals surface area contributed by atoms with Gasteiger partial charge in [0.2, 0.25) is 0 Å². The van der Waals surface area contributed by atoms with Gasteiger partial charge < -0.3 is 19.5 Å². The first-order valence-corrected chi connectivity index (χ1v) is 7.30. The molecule has 20 heavy (non-hydrogen) atoms. The molecule has 0 bridgehead atoms. The number of methoxy groups -OCH3 is 1. The van der Waals surface area contributed by atoms with E-state index in [1.54, 1.807) is 7.11 Å². The molecule has 0 spiro atoms. The predicted molar refractivity (Wildman–Crippen MR) is 79.5 cm³/mol. The Bertz CT molecular complexity index is 428. The van der Waals surface area contributed by atoms with E-state index in [2.05, 4.69) is 18.3 Å². The lowest BCUT2D eigenvalue weighted by Gasteiger charge is -2.34. The van der Waals surface area contributed by atoms with Crippen molar-refractivity contribution in [3.8, 4) is 11.5 Å². The highest BCUT2D eigenvalue weighted by Gasteiger charge is 2.27. The molecule has 1 unspecified atom stereocenters. The van der Waals surface area contributed by atoms with Crippen molar-refractivity contribution < 1.29 is 14.2 Å². The first-order valence-electron chi connectivity index (χ1n) is 7.30. The standard InChI is InChI=1S/C16H25NO3/c1-4-20-14-8-5-7-13(15(14)18-3)11-17-16(2)9-6-10-19-12-16/h5,7-8,17H,4,6,9-12H2,1-3H3. The van der Waals surface area contributed by atoms with E-state index in [0.717, 1.165) is 49.7 Å². The molecule has 0 saturated carbocycles. The third-order valence-electron chi connectivity index (χ3n) is 3.71. The van der Waals surface area contributed by atoms with Crippen LogP contribution in [0.5, 0.6) is 11.5 Å². The average Bonchev–Trinajstić information content (AvgIpc) is 2.46. The fourth-order valence-corrected chi connectivity index (χ4v) is 2.58. The summed E-state index contributed by atoms with van der Waals surface area (Å²) in [5.41, 5.74) is 1.16. The zero-order chi connectivity index (χ0) is 14.4. The minimum Gasteiger partial charge on any atom is -0.493 e. The van der Waals surface area contributed by atoms with E-state index in [1.807, 2.05) is 19.1 Å². The van der Waals surface area contributed by atoms with Gasteiger partial charge in [0.25, 0.3) is 0 Å². The van der Waals surface area contributed by atoms with Crippen molar-refractivity contribution >= 4 is 0 Å². The zero-order valence-electron chi connectivity index (χ0n) is 12.7. The van der Waals surface area contributed by atoms with Gasteiger partial charge in [-0.25, -0.2) is 0 Å². The molecule has 1 aromatic rings. The molecular weight excluding hydrogens is 254 g/mol. The number of hydrogen-bond acceptors (Lipinski definition) is 4. The maximum Gasteiger partial charge on any atom is 0.165 e. The summed E-state index contributed by atoms with van der Waals surface area (Å²) in [7, 11) is 1.69. The molecule has 0 radical (unpaired) electrons. The van der Waals surface area contributed by atoms with E-state index < -0.39 is 0 Å². The quantitative estimate of drug-likeness (QED) is 0.869.